The van der Waals surface area contributed by atoms with Crippen LogP contribution in [-0.4, -0.2) is 19.7 Å². The summed E-state index contributed by atoms with van der Waals surface area (Å²) < 4.78 is 2.10. The zero-order valence-corrected chi connectivity index (χ0v) is 9.74. The molecule has 0 saturated heterocycles. The van der Waals surface area contributed by atoms with Crippen LogP contribution in [0.5, 0.6) is 0 Å². The Balaban J connectivity index is 2.16. The Bertz CT molecular complexity index is 452. The van der Waals surface area contributed by atoms with Crippen LogP contribution in [-0.2, 0) is 13.0 Å². The molecule has 2 rings (SSSR count). The Labute approximate surface area is 99.9 Å². The van der Waals surface area contributed by atoms with Gasteiger partial charge in [0.05, 0.1) is 12.2 Å². The monoisotopic (exact) mass is 232 g/mol. The molecular weight excluding hydrogens is 216 g/mol. The van der Waals surface area contributed by atoms with Gasteiger partial charge in [-0.3, -0.25) is 11.3 Å². The summed E-state index contributed by atoms with van der Waals surface area (Å²) in [6.45, 7) is 2.99. The fourth-order valence-electron chi connectivity index (χ4n) is 1.78. The first-order valence-electron chi connectivity index (χ1n) is 5.58. The number of hydrogen-bond acceptors (Lipinski definition) is 5. The molecule has 2 heterocycles. The smallest absolute Gasteiger partial charge is 0.110 e. The highest BCUT2D eigenvalue weighted by atomic mass is 15.2. The third kappa shape index (κ3) is 2.66. The molecule has 0 amide bonds. The number of imidazole rings is 1. The standard InChI is InChI=1S/C11H16N6/c1-2-17-6-5-13-11(17)7-10(16-12)9-3-4-14-15-8-9/h3-6,8,10,16H,2,7,12H2,1H3. The number of hydrogen-bond donors (Lipinski definition) is 2. The van der Waals surface area contributed by atoms with Crippen molar-refractivity contribution >= 4 is 0 Å². The Morgan fingerprint density at radius 3 is 2.94 bits per heavy atom. The molecule has 1 atom stereocenters. The van der Waals surface area contributed by atoms with Gasteiger partial charge in [-0.1, -0.05) is 0 Å². The van der Waals surface area contributed by atoms with Crippen LogP contribution in [0.2, 0.25) is 0 Å². The summed E-state index contributed by atoms with van der Waals surface area (Å²) in [4.78, 5) is 4.33. The number of nitrogens with two attached hydrogens (primary N) is 1. The van der Waals surface area contributed by atoms with Gasteiger partial charge >= 0.3 is 0 Å². The molecule has 0 fully saturated rings. The fraction of sp³-hybridized carbons (Fsp3) is 0.364. The van der Waals surface area contributed by atoms with Crippen LogP contribution in [0, 0.1) is 0 Å². The number of nitrogens with zero attached hydrogens (tertiary/aromatic N) is 4. The summed E-state index contributed by atoms with van der Waals surface area (Å²) >= 11 is 0. The number of hydrazine groups is 1. The Hall–Kier alpha value is -1.79. The molecule has 90 valence electrons. The van der Waals surface area contributed by atoms with Crippen molar-refractivity contribution in [2.24, 2.45) is 5.84 Å². The summed E-state index contributed by atoms with van der Waals surface area (Å²) in [5.41, 5.74) is 3.79. The van der Waals surface area contributed by atoms with Gasteiger partial charge in [0.1, 0.15) is 5.82 Å². The minimum atomic E-state index is -0.00167. The van der Waals surface area contributed by atoms with Gasteiger partial charge in [-0.25, -0.2) is 4.98 Å². The second-order valence-corrected chi connectivity index (χ2v) is 3.73. The van der Waals surface area contributed by atoms with E-state index in [-0.39, 0.29) is 6.04 Å². The molecule has 0 spiro atoms. The summed E-state index contributed by atoms with van der Waals surface area (Å²) in [5.74, 6) is 6.58. The lowest BCUT2D eigenvalue weighted by Crippen LogP contribution is -2.30. The van der Waals surface area contributed by atoms with Crippen LogP contribution in [0.3, 0.4) is 0 Å². The van der Waals surface area contributed by atoms with Crippen molar-refractivity contribution in [3.63, 3.8) is 0 Å². The van der Waals surface area contributed by atoms with E-state index < -0.39 is 0 Å². The molecule has 3 N–H and O–H groups in total. The molecule has 2 aromatic rings. The van der Waals surface area contributed by atoms with E-state index in [9.17, 15) is 0 Å². The van der Waals surface area contributed by atoms with Gasteiger partial charge < -0.3 is 4.57 Å². The van der Waals surface area contributed by atoms with Crippen LogP contribution in [0.25, 0.3) is 0 Å². The molecule has 0 saturated carbocycles. The van der Waals surface area contributed by atoms with E-state index in [0.29, 0.717) is 0 Å². The molecule has 6 nitrogen and oxygen atoms in total. The van der Waals surface area contributed by atoms with E-state index in [0.717, 1.165) is 24.4 Å². The van der Waals surface area contributed by atoms with Crippen LogP contribution >= 0.6 is 0 Å². The summed E-state index contributed by atoms with van der Waals surface area (Å²) in [7, 11) is 0. The summed E-state index contributed by atoms with van der Waals surface area (Å²) in [5, 5.41) is 7.61. The molecule has 0 aromatic carbocycles. The zero-order valence-electron chi connectivity index (χ0n) is 9.74. The Kier molecular flexibility index (Phi) is 3.79. The number of nitrogens with one attached hydrogen (secondary N) is 1. The van der Waals surface area contributed by atoms with E-state index in [1.165, 1.54) is 0 Å². The van der Waals surface area contributed by atoms with Crippen molar-refractivity contribution in [1.82, 2.24) is 25.2 Å². The van der Waals surface area contributed by atoms with Gasteiger partial charge in [0.15, 0.2) is 0 Å². The fourth-order valence-corrected chi connectivity index (χ4v) is 1.78. The lowest BCUT2D eigenvalue weighted by Gasteiger charge is -2.15. The van der Waals surface area contributed by atoms with Gasteiger partial charge in [0, 0.05) is 31.6 Å². The molecule has 0 bridgehead atoms. The molecule has 0 aliphatic heterocycles. The van der Waals surface area contributed by atoms with E-state index in [1.54, 1.807) is 18.6 Å². The van der Waals surface area contributed by atoms with Crippen molar-refractivity contribution in [3.8, 4) is 0 Å². The topological polar surface area (TPSA) is 81.7 Å². The maximum Gasteiger partial charge on any atom is 0.110 e. The van der Waals surface area contributed by atoms with Gasteiger partial charge in [0.2, 0.25) is 0 Å². The minimum absolute atomic E-state index is 0.00167. The minimum Gasteiger partial charge on any atom is -0.335 e. The molecule has 1 unspecified atom stereocenters. The molecule has 17 heavy (non-hydrogen) atoms. The largest absolute Gasteiger partial charge is 0.335 e. The maximum atomic E-state index is 5.58. The van der Waals surface area contributed by atoms with Crippen molar-refractivity contribution in [2.45, 2.75) is 25.9 Å². The zero-order chi connectivity index (χ0) is 12.1. The van der Waals surface area contributed by atoms with Crippen molar-refractivity contribution < 1.29 is 0 Å². The van der Waals surface area contributed by atoms with E-state index in [1.807, 2.05) is 12.3 Å². The SMILES string of the molecule is CCn1ccnc1CC(NN)c1ccnnc1. The number of rotatable bonds is 5. The Morgan fingerprint density at radius 2 is 2.29 bits per heavy atom. The normalized spacial score (nSPS) is 12.6. The van der Waals surface area contributed by atoms with E-state index in [2.05, 4.69) is 32.1 Å². The number of aromatic nitrogens is 4. The number of aryl methyl sites for hydroxylation is 1. The van der Waals surface area contributed by atoms with Crippen molar-refractivity contribution in [1.29, 1.82) is 0 Å². The van der Waals surface area contributed by atoms with Crippen LogP contribution in [0.15, 0.2) is 30.9 Å². The molecule has 2 aromatic heterocycles. The second-order valence-electron chi connectivity index (χ2n) is 3.73. The quantitative estimate of drug-likeness (QED) is 0.577. The first-order valence-corrected chi connectivity index (χ1v) is 5.58. The lowest BCUT2D eigenvalue weighted by atomic mass is 10.1. The van der Waals surface area contributed by atoms with Crippen LogP contribution < -0.4 is 11.3 Å². The van der Waals surface area contributed by atoms with Crippen molar-refractivity contribution in [2.75, 3.05) is 0 Å². The molecule has 6 heteroatoms. The van der Waals surface area contributed by atoms with Gasteiger partial charge in [-0.05, 0) is 18.6 Å². The highest BCUT2D eigenvalue weighted by molar-refractivity contribution is 5.13. The van der Waals surface area contributed by atoms with E-state index >= 15 is 0 Å². The van der Waals surface area contributed by atoms with Crippen molar-refractivity contribution in [3.05, 3.63) is 42.2 Å². The third-order valence-corrected chi connectivity index (χ3v) is 2.74. The summed E-state index contributed by atoms with van der Waals surface area (Å²) in [6, 6.07) is 1.90. The molecule has 0 aliphatic carbocycles. The molecule has 0 aliphatic rings. The van der Waals surface area contributed by atoms with Gasteiger partial charge in [-0.2, -0.15) is 10.2 Å². The van der Waals surface area contributed by atoms with Gasteiger partial charge in [-0.15, -0.1) is 0 Å². The molecular formula is C11H16N6. The molecule has 0 radical (unpaired) electrons. The highest BCUT2D eigenvalue weighted by Crippen LogP contribution is 2.15. The lowest BCUT2D eigenvalue weighted by molar-refractivity contribution is 0.520. The average Bonchev–Trinajstić information content (AvgIpc) is 2.84. The van der Waals surface area contributed by atoms with Crippen LogP contribution in [0.4, 0.5) is 0 Å². The average molecular weight is 232 g/mol. The first-order chi connectivity index (χ1) is 8.35. The second kappa shape index (κ2) is 5.51. The van der Waals surface area contributed by atoms with Crippen LogP contribution in [0.1, 0.15) is 24.4 Å². The Morgan fingerprint density at radius 1 is 1.41 bits per heavy atom. The third-order valence-electron chi connectivity index (χ3n) is 2.74. The predicted octanol–water partition coefficient (Wildman–Crippen LogP) is 0.440. The van der Waals surface area contributed by atoms with Gasteiger partial charge in [0.25, 0.3) is 0 Å². The van der Waals surface area contributed by atoms with E-state index in [4.69, 9.17) is 5.84 Å². The summed E-state index contributed by atoms with van der Waals surface area (Å²) in [6.07, 6.45) is 7.86. The maximum absolute atomic E-state index is 5.58. The highest BCUT2D eigenvalue weighted by Gasteiger charge is 2.13. The first kappa shape index (κ1) is 11.7. The predicted molar refractivity (Wildman–Crippen MR) is 63.7 cm³/mol.